The summed E-state index contributed by atoms with van der Waals surface area (Å²) in [6.07, 6.45) is -0.0446. The van der Waals surface area contributed by atoms with Crippen molar-refractivity contribution in [2.24, 2.45) is 5.92 Å². The first kappa shape index (κ1) is 23.7. The van der Waals surface area contributed by atoms with Gasteiger partial charge in [-0.2, -0.15) is 4.31 Å². The van der Waals surface area contributed by atoms with E-state index in [0.717, 1.165) is 0 Å². The van der Waals surface area contributed by atoms with Gasteiger partial charge < -0.3 is 9.64 Å². The Bertz CT molecular complexity index is 1020. The van der Waals surface area contributed by atoms with E-state index in [9.17, 15) is 26.4 Å². The molecule has 2 saturated heterocycles. The summed E-state index contributed by atoms with van der Waals surface area (Å²) >= 11 is 0. The van der Waals surface area contributed by atoms with E-state index in [-0.39, 0.29) is 29.5 Å². The number of hydrogen-bond donors (Lipinski definition) is 0. The normalized spacial score (nSPS) is 23.2. The Kier molecular flexibility index (Phi) is 7.07. The zero-order valence-corrected chi connectivity index (χ0v) is 19.3. The third-order valence-corrected chi connectivity index (χ3v) is 9.58. The summed E-state index contributed by atoms with van der Waals surface area (Å²) < 4.78 is 55.4. The van der Waals surface area contributed by atoms with E-state index in [1.807, 2.05) is 0 Å². The predicted octanol–water partition coefficient (Wildman–Crippen LogP) is 0.665. The van der Waals surface area contributed by atoms with Crippen LogP contribution in [0.4, 0.5) is 0 Å². The predicted molar refractivity (Wildman–Crippen MR) is 113 cm³/mol. The lowest BCUT2D eigenvalue weighted by Crippen LogP contribution is -2.45. The Hall–Kier alpha value is -1.98. The number of hydrogen-bond acceptors (Lipinski definition) is 7. The molecular formula is C20H28N2O7S2. The van der Waals surface area contributed by atoms with Gasteiger partial charge in [0, 0.05) is 26.2 Å². The van der Waals surface area contributed by atoms with E-state index in [1.165, 1.54) is 35.3 Å². The highest BCUT2D eigenvalue weighted by molar-refractivity contribution is 7.91. The molecular weight excluding hydrogens is 444 g/mol. The maximum Gasteiger partial charge on any atom is 0.309 e. The number of piperidine rings is 1. The monoisotopic (exact) mass is 472 g/mol. The maximum atomic E-state index is 12.7. The molecule has 2 aliphatic rings. The number of carbonyl (C=O) groups is 2. The zero-order chi connectivity index (χ0) is 22.8. The summed E-state index contributed by atoms with van der Waals surface area (Å²) in [7, 11) is -5.22. The molecule has 3 rings (SSSR count). The van der Waals surface area contributed by atoms with Crippen molar-refractivity contribution in [3.05, 3.63) is 30.3 Å². The average molecular weight is 473 g/mol. The minimum absolute atomic E-state index is 0.0495. The molecule has 11 heteroatoms. The number of rotatable bonds is 6. The number of ether oxygens (including phenoxy) is 1. The van der Waals surface area contributed by atoms with Crippen LogP contribution in [-0.4, -0.2) is 81.7 Å². The second kappa shape index (κ2) is 9.25. The third kappa shape index (κ3) is 5.45. The molecule has 0 spiro atoms. The summed E-state index contributed by atoms with van der Waals surface area (Å²) in [5, 5.41) is 0. The van der Waals surface area contributed by atoms with E-state index in [1.54, 1.807) is 18.2 Å². The first-order chi connectivity index (χ1) is 14.5. The minimum Gasteiger partial charge on any atom is -0.452 e. The molecule has 0 bridgehead atoms. The standard InChI is InChI=1S/C20H28N2O7S2/c1-15(19(23)21(2)17-10-13-30(25,26)14-17)29-20(24)16-8-11-22(12-9-16)31(27,28)18-6-4-3-5-7-18/h3-7,15-17H,8-14H2,1-2H3/t15-,17-/m1/s1. The fraction of sp³-hybridized carbons (Fsp3) is 0.600. The van der Waals surface area contributed by atoms with Crippen molar-refractivity contribution in [3.63, 3.8) is 0 Å². The molecule has 1 amide bonds. The number of nitrogens with zero attached hydrogens (tertiary/aromatic N) is 2. The van der Waals surface area contributed by atoms with Gasteiger partial charge in [-0.05, 0) is 38.3 Å². The average Bonchev–Trinajstić information content (AvgIpc) is 3.13. The SMILES string of the molecule is C[C@@H](OC(=O)C1CCN(S(=O)(=O)c2ccccc2)CC1)C(=O)N(C)[C@@H]1CCS(=O)(=O)C1. The molecule has 0 saturated carbocycles. The van der Waals surface area contributed by atoms with Crippen LogP contribution in [0.15, 0.2) is 35.2 Å². The van der Waals surface area contributed by atoms with Crippen LogP contribution in [0.1, 0.15) is 26.2 Å². The lowest BCUT2D eigenvalue weighted by molar-refractivity contribution is -0.163. The van der Waals surface area contributed by atoms with Crippen molar-refractivity contribution in [1.29, 1.82) is 0 Å². The molecule has 172 valence electrons. The van der Waals surface area contributed by atoms with E-state index in [2.05, 4.69) is 0 Å². The van der Waals surface area contributed by atoms with Crippen LogP contribution in [-0.2, 0) is 34.2 Å². The van der Waals surface area contributed by atoms with Crippen molar-refractivity contribution in [1.82, 2.24) is 9.21 Å². The highest BCUT2D eigenvalue weighted by Gasteiger charge is 2.37. The highest BCUT2D eigenvalue weighted by atomic mass is 32.2. The number of benzene rings is 1. The fourth-order valence-corrected chi connectivity index (χ4v) is 7.21. The molecule has 0 unspecified atom stereocenters. The molecule has 0 aromatic heterocycles. The lowest BCUT2D eigenvalue weighted by atomic mass is 9.98. The second-order valence-electron chi connectivity index (χ2n) is 8.08. The molecule has 0 aliphatic carbocycles. The van der Waals surface area contributed by atoms with Gasteiger partial charge >= 0.3 is 5.97 Å². The van der Waals surface area contributed by atoms with Crippen LogP contribution in [0.2, 0.25) is 0 Å². The van der Waals surface area contributed by atoms with Crippen LogP contribution < -0.4 is 0 Å². The molecule has 0 radical (unpaired) electrons. The Morgan fingerprint density at radius 2 is 1.74 bits per heavy atom. The number of amides is 1. The van der Waals surface area contributed by atoms with Gasteiger partial charge in [-0.15, -0.1) is 0 Å². The van der Waals surface area contributed by atoms with Gasteiger partial charge in [0.25, 0.3) is 5.91 Å². The Morgan fingerprint density at radius 1 is 1.13 bits per heavy atom. The van der Waals surface area contributed by atoms with Crippen LogP contribution in [0, 0.1) is 5.92 Å². The van der Waals surface area contributed by atoms with E-state index < -0.39 is 49.8 Å². The van der Waals surface area contributed by atoms with Crippen LogP contribution in [0.25, 0.3) is 0 Å². The zero-order valence-electron chi connectivity index (χ0n) is 17.6. The number of esters is 1. The van der Waals surface area contributed by atoms with Crippen molar-refractivity contribution in [2.45, 2.75) is 43.2 Å². The van der Waals surface area contributed by atoms with E-state index >= 15 is 0 Å². The number of sulfone groups is 1. The van der Waals surface area contributed by atoms with Crippen molar-refractivity contribution in [2.75, 3.05) is 31.6 Å². The number of likely N-dealkylation sites (N-methyl/N-ethyl adjacent to an activating group) is 1. The van der Waals surface area contributed by atoms with Gasteiger partial charge in [-0.3, -0.25) is 9.59 Å². The third-order valence-electron chi connectivity index (χ3n) is 5.91. The fourth-order valence-electron chi connectivity index (χ4n) is 3.94. The number of sulfonamides is 1. The molecule has 2 aliphatic heterocycles. The Labute approximate surface area is 183 Å². The quantitative estimate of drug-likeness (QED) is 0.558. The van der Waals surface area contributed by atoms with E-state index in [4.69, 9.17) is 4.74 Å². The molecule has 2 heterocycles. The second-order valence-corrected chi connectivity index (χ2v) is 12.2. The maximum absolute atomic E-state index is 12.7. The largest absolute Gasteiger partial charge is 0.452 e. The molecule has 2 atom stereocenters. The summed E-state index contributed by atoms with van der Waals surface area (Å²) in [5.74, 6) is -1.50. The van der Waals surface area contributed by atoms with Gasteiger partial charge in [0.05, 0.1) is 22.3 Å². The van der Waals surface area contributed by atoms with Gasteiger partial charge in [0.2, 0.25) is 10.0 Å². The summed E-state index contributed by atoms with van der Waals surface area (Å²) in [6, 6.07) is 7.72. The van der Waals surface area contributed by atoms with Crippen LogP contribution in [0.5, 0.6) is 0 Å². The molecule has 31 heavy (non-hydrogen) atoms. The molecule has 0 N–H and O–H groups in total. The van der Waals surface area contributed by atoms with Crippen LogP contribution >= 0.6 is 0 Å². The number of carbonyl (C=O) groups excluding carboxylic acids is 2. The first-order valence-corrected chi connectivity index (χ1v) is 13.5. The molecule has 9 nitrogen and oxygen atoms in total. The van der Waals surface area contributed by atoms with Gasteiger partial charge in [0.15, 0.2) is 15.9 Å². The minimum atomic E-state index is -3.61. The Morgan fingerprint density at radius 3 is 2.29 bits per heavy atom. The Balaban J connectivity index is 1.52. The topological polar surface area (TPSA) is 118 Å². The van der Waals surface area contributed by atoms with Crippen LogP contribution in [0.3, 0.4) is 0 Å². The summed E-state index contributed by atoms with van der Waals surface area (Å²) in [4.78, 5) is 26.7. The van der Waals surface area contributed by atoms with Crippen molar-refractivity contribution in [3.8, 4) is 0 Å². The molecule has 1 aromatic rings. The van der Waals surface area contributed by atoms with E-state index in [0.29, 0.717) is 19.3 Å². The van der Waals surface area contributed by atoms with Gasteiger partial charge in [-0.1, -0.05) is 18.2 Å². The highest BCUT2D eigenvalue weighted by Crippen LogP contribution is 2.25. The first-order valence-electron chi connectivity index (χ1n) is 10.2. The van der Waals surface area contributed by atoms with Crippen molar-refractivity contribution < 1.29 is 31.2 Å². The summed E-state index contributed by atoms with van der Waals surface area (Å²) in [6.45, 7) is 1.85. The molecule has 1 aromatic carbocycles. The van der Waals surface area contributed by atoms with Crippen molar-refractivity contribution >= 4 is 31.7 Å². The lowest BCUT2D eigenvalue weighted by Gasteiger charge is -2.31. The smallest absolute Gasteiger partial charge is 0.309 e. The molecule has 2 fully saturated rings. The van der Waals surface area contributed by atoms with Gasteiger partial charge in [0.1, 0.15) is 0 Å². The van der Waals surface area contributed by atoms with Gasteiger partial charge in [-0.25, -0.2) is 16.8 Å². The summed E-state index contributed by atoms with van der Waals surface area (Å²) in [5.41, 5.74) is 0.